The summed E-state index contributed by atoms with van der Waals surface area (Å²) in [4.78, 5) is 12.7. The number of hydrogen-bond donors (Lipinski definition) is 3. The third kappa shape index (κ3) is 2.89. The summed E-state index contributed by atoms with van der Waals surface area (Å²) in [7, 11) is 0. The average molecular weight is 250 g/mol. The second kappa shape index (κ2) is 5.07. The van der Waals surface area contributed by atoms with E-state index in [9.17, 15) is 0 Å². The van der Waals surface area contributed by atoms with Crippen LogP contribution in [0.25, 0.3) is 0 Å². The van der Waals surface area contributed by atoms with Gasteiger partial charge in [-0.1, -0.05) is 0 Å². The lowest BCUT2D eigenvalue weighted by Gasteiger charge is -2.11. The van der Waals surface area contributed by atoms with Gasteiger partial charge < -0.3 is 10.7 Å². The minimum absolute atomic E-state index is 0.0935. The Morgan fingerprint density at radius 1 is 1.29 bits per heavy atom. The second-order valence-electron chi connectivity index (χ2n) is 3.63. The molecule has 0 radical (unpaired) electrons. The molecule has 4 N–H and O–H groups in total. The van der Waals surface area contributed by atoms with E-state index in [0.29, 0.717) is 11.6 Å². The number of nitrogens with zero attached hydrogens (tertiary/aromatic N) is 3. The van der Waals surface area contributed by atoms with Crippen molar-refractivity contribution in [3.8, 4) is 0 Å². The van der Waals surface area contributed by atoms with Crippen LogP contribution in [-0.4, -0.2) is 15.0 Å². The molecule has 90 valence electrons. The van der Waals surface area contributed by atoms with Gasteiger partial charge in [-0.25, -0.2) is 15.8 Å². The van der Waals surface area contributed by atoms with Gasteiger partial charge in [0.05, 0.1) is 18.4 Å². The molecule has 1 unspecified atom stereocenters. The van der Waals surface area contributed by atoms with Crippen LogP contribution < -0.4 is 16.6 Å². The molecule has 0 spiro atoms. The summed E-state index contributed by atoms with van der Waals surface area (Å²) in [6.45, 7) is 4.01. The normalized spacial score (nSPS) is 12.2. The summed E-state index contributed by atoms with van der Waals surface area (Å²) in [6.07, 6.45) is 3.21. The van der Waals surface area contributed by atoms with Crippen LogP contribution >= 0.6 is 11.3 Å². The number of nitrogens with one attached hydrogen (secondary N) is 2. The van der Waals surface area contributed by atoms with E-state index in [1.54, 1.807) is 23.7 Å². The van der Waals surface area contributed by atoms with E-state index < -0.39 is 0 Å². The molecule has 0 fully saturated rings. The fourth-order valence-corrected chi connectivity index (χ4v) is 2.16. The molecule has 7 heteroatoms. The highest BCUT2D eigenvalue weighted by atomic mass is 32.1. The molecular weight excluding hydrogens is 236 g/mol. The lowest BCUT2D eigenvalue weighted by Crippen LogP contribution is -2.12. The van der Waals surface area contributed by atoms with Crippen molar-refractivity contribution < 1.29 is 0 Å². The molecule has 2 aromatic rings. The zero-order chi connectivity index (χ0) is 12.3. The van der Waals surface area contributed by atoms with Gasteiger partial charge in [0.2, 0.25) is 0 Å². The summed E-state index contributed by atoms with van der Waals surface area (Å²) in [5, 5.41) is 6.27. The standard InChI is InChI=1S/C10H14N6S/c1-6-5-17-10(13-6)7(2)14-8-3-12-4-9(15-8)16-11/h3-5,7H,11H2,1-2H3,(H2,14,15,16). The van der Waals surface area contributed by atoms with Gasteiger partial charge >= 0.3 is 0 Å². The Bertz CT molecular complexity index is 497. The number of nitrogen functional groups attached to an aromatic ring is 1. The van der Waals surface area contributed by atoms with Crippen LogP contribution in [0.15, 0.2) is 17.8 Å². The molecule has 0 amide bonds. The zero-order valence-electron chi connectivity index (χ0n) is 9.64. The summed E-state index contributed by atoms with van der Waals surface area (Å²) >= 11 is 1.62. The van der Waals surface area contributed by atoms with Gasteiger partial charge in [0.15, 0.2) is 5.82 Å². The molecule has 17 heavy (non-hydrogen) atoms. The number of aryl methyl sites for hydroxylation is 1. The molecular formula is C10H14N6S. The smallest absolute Gasteiger partial charge is 0.160 e. The third-order valence-corrected chi connectivity index (χ3v) is 3.30. The maximum Gasteiger partial charge on any atom is 0.160 e. The Labute approximate surface area is 103 Å². The largest absolute Gasteiger partial charge is 0.360 e. The van der Waals surface area contributed by atoms with Gasteiger partial charge in [0.25, 0.3) is 0 Å². The lowest BCUT2D eigenvalue weighted by atomic mass is 10.3. The number of anilines is 2. The van der Waals surface area contributed by atoms with Crippen LogP contribution in [0.1, 0.15) is 23.7 Å². The van der Waals surface area contributed by atoms with Gasteiger partial charge in [-0.05, 0) is 13.8 Å². The van der Waals surface area contributed by atoms with Crippen LogP contribution in [0.3, 0.4) is 0 Å². The molecule has 0 saturated carbocycles. The molecule has 0 saturated heterocycles. The molecule has 0 aliphatic carbocycles. The van der Waals surface area contributed by atoms with Crippen molar-refractivity contribution in [1.82, 2.24) is 15.0 Å². The third-order valence-electron chi connectivity index (χ3n) is 2.15. The Balaban J connectivity index is 2.09. The Hall–Kier alpha value is -1.73. The Morgan fingerprint density at radius 3 is 2.71 bits per heavy atom. The number of thiazole rings is 1. The van der Waals surface area contributed by atoms with Gasteiger partial charge in [0.1, 0.15) is 10.8 Å². The molecule has 0 aromatic carbocycles. The number of hydrogen-bond acceptors (Lipinski definition) is 7. The van der Waals surface area contributed by atoms with Gasteiger partial charge in [-0.15, -0.1) is 11.3 Å². The maximum absolute atomic E-state index is 5.27. The van der Waals surface area contributed by atoms with E-state index in [4.69, 9.17) is 5.84 Å². The summed E-state index contributed by atoms with van der Waals surface area (Å²) in [5.41, 5.74) is 3.49. The minimum Gasteiger partial charge on any atom is -0.360 e. The molecule has 0 aliphatic heterocycles. The first-order valence-electron chi connectivity index (χ1n) is 5.16. The Morgan fingerprint density at radius 2 is 2.06 bits per heavy atom. The highest BCUT2D eigenvalue weighted by Gasteiger charge is 2.10. The molecule has 2 rings (SSSR count). The fourth-order valence-electron chi connectivity index (χ4n) is 1.36. The van der Waals surface area contributed by atoms with E-state index in [1.165, 1.54) is 0 Å². The fraction of sp³-hybridized carbons (Fsp3) is 0.300. The second-order valence-corrected chi connectivity index (χ2v) is 4.52. The van der Waals surface area contributed by atoms with Crippen molar-refractivity contribution in [1.29, 1.82) is 0 Å². The first kappa shape index (κ1) is 11.7. The number of aromatic nitrogens is 3. The van der Waals surface area contributed by atoms with Gasteiger partial charge in [-0.3, -0.25) is 4.98 Å². The van der Waals surface area contributed by atoms with Crippen LogP contribution in [0, 0.1) is 6.92 Å². The lowest BCUT2D eigenvalue weighted by molar-refractivity contribution is 0.853. The van der Waals surface area contributed by atoms with Crippen molar-refractivity contribution in [2.75, 3.05) is 10.7 Å². The monoisotopic (exact) mass is 250 g/mol. The summed E-state index contributed by atoms with van der Waals surface area (Å²) in [5.74, 6) is 6.47. The van der Waals surface area contributed by atoms with E-state index >= 15 is 0 Å². The van der Waals surface area contributed by atoms with Crippen molar-refractivity contribution >= 4 is 23.0 Å². The average Bonchev–Trinajstić information content (AvgIpc) is 2.76. The number of rotatable bonds is 4. The number of hydrazine groups is 1. The van der Waals surface area contributed by atoms with Gasteiger partial charge in [0, 0.05) is 11.1 Å². The predicted octanol–water partition coefficient (Wildman–Crippen LogP) is 1.70. The first-order chi connectivity index (χ1) is 8.19. The van der Waals surface area contributed by atoms with E-state index in [1.807, 2.05) is 19.2 Å². The minimum atomic E-state index is 0.0935. The van der Waals surface area contributed by atoms with Crippen LogP contribution in [0.4, 0.5) is 11.6 Å². The van der Waals surface area contributed by atoms with E-state index in [2.05, 4.69) is 25.7 Å². The molecule has 2 heterocycles. The van der Waals surface area contributed by atoms with E-state index in [0.717, 1.165) is 10.7 Å². The molecule has 2 aromatic heterocycles. The summed E-state index contributed by atoms with van der Waals surface area (Å²) < 4.78 is 0. The molecule has 0 aliphatic rings. The maximum atomic E-state index is 5.27. The van der Waals surface area contributed by atoms with Crippen molar-refractivity contribution in [2.24, 2.45) is 5.84 Å². The van der Waals surface area contributed by atoms with Crippen LogP contribution in [-0.2, 0) is 0 Å². The van der Waals surface area contributed by atoms with Crippen LogP contribution in [0.2, 0.25) is 0 Å². The summed E-state index contributed by atoms with van der Waals surface area (Å²) in [6, 6.07) is 0.0935. The van der Waals surface area contributed by atoms with Crippen molar-refractivity contribution in [3.63, 3.8) is 0 Å². The zero-order valence-corrected chi connectivity index (χ0v) is 10.5. The highest BCUT2D eigenvalue weighted by Crippen LogP contribution is 2.21. The van der Waals surface area contributed by atoms with Crippen molar-refractivity contribution in [3.05, 3.63) is 28.5 Å². The highest BCUT2D eigenvalue weighted by molar-refractivity contribution is 7.09. The SMILES string of the molecule is Cc1csc(C(C)Nc2cncc(NN)n2)n1. The molecule has 0 bridgehead atoms. The molecule has 1 atom stereocenters. The number of nitrogens with two attached hydrogens (primary N) is 1. The van der Waals surface area contributed by atoms with Gasteiger partial charge in [-0.2, -0.15) is 0 Å². The quantitative estimate of drug-likeness (QED) is 0.565. The first-order valence-corrected chi connectivity index (χ1v) is 6.04. The van der Waals surface area contributed by atoms with Crippen LogP contribution in [0.5, 0.6) is 0 Å². The topological polar surface area (TPSA) is 88.8 Å². The Kier molecular flexibility index (Phi) is 3.50. The van der Waals surface area contributed by atoms with Crippen molar-refractivity contribution in [2.45, 2.75) is 19.9 Å². The van der Waals surface area contributed by atoms with E-state index in [-0.39, 0.29) is 6.04 Å². The predicted molar refractivity (Wildman–Crippen MR) is 68.7 cm³/mol. The molecule has 6 nitrogen and oxygen atoms in total.